The highest BCUT2D eigenvalue weighted by Gasteiger charge is 2.04. The molecule has 0 saturated heterocycles. The topological polar surface area (TPSA) is 37.4 Å². The van der Waals surface area contributed by atoms with Crippen molar-refractivity contribution < 1.29 is 9.59 Å². The van der Waals surface area contributed by atoms with E-state index in [4.69, 9.17) is 0 Å². The predicted octanol–water partition coefficient (Wildman–Crippen LogP) is 2.46. The molecule has 0 aliphatic carbocycles. The van der Waals surface area contributed by atoms with Crippen LogP contribution in [0.15, 0.2) is 29.2 Å². The van der Waals surface area contributed by atoms with Crippen molar-refractivity contribution in [3.63, 3.8) is 0 Å². The van der Waals surface area contributed by atoms with Crippen molar-refractivity contribution in [3.05, 3.63) is 29.8 Å². The van der Waals surface area contributed by atoms with Crippen molar-refractivity contribution in [3.8, 4) is 0 Å². The fraction of sp³-hybridized carbons (Fsp3) is 0.385. The summed E-state index contributed by atoms with van der Waals surface area (Å²) in [7, 11) is 3.52. The van der Waals surface area contributed by atoms with Gasteiger partial charge in [0.1, 0.15) is 0 Å². The van der Waals surface area contributed by atoms with E-state index in [1.807, 2.05) is 24.3 Å². The lowest BCUT2D eigenvalue weighted by Crippen LogP contribution is -2.21. The van der Waals surface area contributed by atoms with Crippen molar-refractivity contribution >= 4 is 23.5 Å². The van der Waals surface area contributed by atoms with Gasteiger partial charge in [-0.3, -0.25) is 9.59 Å². The maximum Gasteiger partial charge on any atom is 0.222 e. The second-order valence-corrected chi connectivity index (χ2v) is 5.14. The summed E-state index contributed by atoms with van der Waals surface area (Å²) in [5.74, 6) is 0.971. The number of carbonyl (C=O) groups is 2. The average Bonchev–Trinajstić information content (AvgIpc) is 2.29. The van der Waals surface area contributed by atoms with E-state index >= 15 is 0 Å². The third-order valence-corrected chi connectivity index (χ3v) is 3.36. The summed E-state index contributed by atoms with van der Waals surface area (Å²) < 4.78 is 0. The van der Waals surface area contributed by atoms with Crippen molar-refractivity contribution in [2.45, 2.75) is 18.2 Å². The van der Waals surface area contributed by atoms with Gasteiger partial charge < -0.3 is 4.90 Å². The number of benzene rings is 1. The van der Waals surface area contributed by atoms with Crippen LogP contribution in [0.3, 0.4) is 0 Å². The van der Waals surface area contributed by atoms with E-state index in [1.54, 1.807) is 37.7 Å². The van der Waals surface area contributed by atoms with E-state index in [2.05, 4.69) is 0 Å². The summed E-state index contributed by atoms with van der Waals surface area (Å²) in [6, 6.07) is 7.47. The van der Waals surface area contributed by atoms with Gasteiger partial charge in [0.05, 0.1) is 0 Å². The van der Waals surface area contributed by atoms with E-state index in [0.717, 1.165) is 16.2 Å². The molecule has 0 bridgehead atoms. The van der Waals surface area contributed by atoms with Crippen LogP contribution in [0.5, 0.6) is 0 Å². The summed E-state index contributed by atoms with van der Waals surface area (Å²) >= 11 is 1.63. The summed E-state index contributed by atoms with van der Waals surface area (Å²) in [5, 5.41) is 0. The molecular formula is C13H17NO2S. The van der Waals surface area contributed by atoms with E-state index < -0.39 is 0 Å². The maximum atomic E-state index is 11.3. The molecule has 0 radical (unpaired) electrons. The summed E-state index contributed by atoms with van der Waals surface area (Å²) in [5.41, 5.74) is 0.721. The minimum Gasteiger partial charge on any atom is -0.349 e. The van der Waals surface area contributed by atoms with Gasteiger partial charge in [0.15, 0.2) is 5.78 Å². The Hall–Kier alpha value is -1.29. The molecule has 4 heteroatoms. The van der Waals surface area contributed by atoms with Gasteiger partial charge in [-0.2, -0.15) is 0 Å². The Bertz CT molecular complexity index is 398. The number of nitrogens with zero attached hydrogens (tertiary/aromatic N) is 1. The molecule has 0 aliphatic heterocycles. The highest BCUT2D eigenvalue weighted by molar-refractivity contribution is 7.99. The molecule has 0 heterocycles. The van der Waals surface area contributed by atoms with Gasteiger partial charge in [0.25, 0.3) is 0 Å². The van der Waals surface area contributed by atoms with Gasteiger partial charge in [-0.1, -0.05) is 12.1 Å². The molecule has 0 N–H and O–H groups in total. The van der Waals surface area contributed by atoms with Gasteiger partial charge in [-0.25, -0.2) is 0 Å². The first-order valence-corrected chi connectivity index (χ1v) is 6.43. The Morgan fingerprint density at radius 2 is 1.76 bits per heavy atom. The first-order valence-electron chi connectivity index (χ1n) is 5.44. The summed E-state index contributed by atoms with van der Waals surface area (Å²) in [6.45, 7) is 1.55. The van der Waals surface area contributed by atoms with Crippen molar-refractivity contribution in [2.24, 2.45) is 0 Å². The molecule has 92 valence electrons. The monoisotopic (exact) mass is 251 g/mol. The number of hydrogen-bond donors (Lipinski definition) is 0. The number of thioether (sulfide) groups is 1. The third kappa shape index (κ3) is 4.61. The number of hydrogen-bond acceptors (Lipinski definition) is 3. The molecule has 3 nitrogen and oxygen atoms in total. The minimum absolute atomic E-state index is 0.0735. The summed E-state index contributed by atoms with van der Waals surface area (Å²) in [4.78, 5) is 25.1. The SMILES string of the molecule is CC(=O)c1ccc(SCCC(=O)N(C)C)cc1. The molecule has 17 heavy (non-hydrogen) atoms. The van der Waals surface area contributed by atoms with Gasteiger partial charge in [0.2, 0.25) is 5.91 Å². The first-order chi connectivity index (χ1) is 8.00. The molecule has 0 unspecified atom stereocenters. The molecule has 0 atom stereocenters. The Morgan fingerprint density at radius 3 is 2.24 bits per heavy atom. The first kappa shape index (κ1) is 13.8. The zero-order chi connectivity index (χ0) is 12.8. The van der Waals surface area contributed by atoms with Crippen LogP contribution in [0.4, 0.5) is 0 Å². The molecule has 0 aliphatic rings. The fourth-order valence-corrected chi connectivity index (χ4v) is 2.11. The molecule has 1 rings (SSSR count). The van der Waals surface area contributed by atoms with Gasteiger partial charge in [-0.05, 0) is 19.1 Å². The fourth-order valence-electron chi connectivity index (χ4n) is 1.27. The zero-order valence-electron chi connectivity index (χ0n) is 10.4. The van der Waals surface area contributed by atoms with Gasteiger partial charge in [-0.15, -0.1) is 11.8 Å². The minimum atomic E-state index is 0.0735. The normalized spacial score (nSPS) is 10.1. The van der Waals surface area contributed by atoms with E-state index in [9.17, 15) is 9.59 Å². The van der Waals surface area contributed by atoms with Crippen LogP contribution in [0.2, 0.25) is 0 Å². The van der Waals surface area contributed by atoms with Crippen molar-refractivity contribution in [1.29, 1.82) is 0 Å². The van der Waals surface area contributed by atoms with Crippen molar-refractivity contribution in [2.75, 3.05) is 19.8 Å². The molecule has 1 aromatic carbocycles. The largest absolute Gasteiger partial charge is 0.349 e. The van der Waals surface area contributed by atoms with E-state index in [0.29, 0.717) is 6.42 Å². The third-order valence-electron chi connectivity index (χ3n) is 2.34. The highest BCUT2D eigenvalue weighted by atomic mass is 32.2. The van der Waals surface area contributed by atoms with Crippen LogP contribution in [0.1, 0.15) is 23.7 Å². The molecule has 1 aromatic rings. The molecular weight excluding hydrogens is 234 g/mol. The lowest BCUT2D eigenvalue weighted by atomic mass is 10.2. The Morgan fingerprint density at radius 1 is 1.18 bits per heavy atom. The van der Waals surface area contributed by atoms with Crippen molar-refractivity contribution in [1.82, 2.24) is 4.90 Å². The Labute approximate surface area is 106 Å². The quantitative estimate of drug-likeness (QED) is 0.596. The Kier molecular flexibility index (Phi) is 5.22. The summed E-state index contributed by atoms with van der Waals surface area (Å²) in [6.07, 6.45) is 0.534. The van der Waals surface area contributed by atoms with E-state index in [1.165, 1.54) is 0 Å². The highest BCUT2D eigenvalue weighted by Crippen LogP contribution is 2.19. The second kappa shape index (κ2) is 6.45. The number of Topliss-reactive ketones (excluding diaryl/α,β-unsaturated/α-hetero) is 1. The van der Waals surface area contributed by atoms with Crippen LogP contribution in [-0.2, 0) is 4.79 Å². The number of carbonyl (C=O) groups excluding carboxylic acids is 2. The molecule has 0 spiro atoms. The Balaban J connectivity index is 2.42. The standard InChI is InChI=1S/C13H17NO2S/c1-10(15)11-4-6-12(7-5-11)17-9-8-13(16)14(2)3/h4-7H,8-9H2,1-3H3. The van der Waals surface area contributed by atoms with Crippen LogP contribution in [0, 0.1) is 0 Å². The number of ketones is 1. The lowest BCUT2D eigenvalue weighted by molar-refractivity contribution is -0.128. The lowest BCUT2D eigenvalue weighted by Gasteiger charge is -2.09. The smallest absolute Gasteiger partial charge is 0.222 e. The van der Waals surface area contributed by atoms with Crippen LogP contribution in [-0.4, -0.2) is 36.4 Å². The van der Waals surface area contributed by atoms with Gasteiger partial charge in [0, 0.05) is 36.7 Å². The average molecular weight is 251 g/mol. The molecule has 0 fully saturated rings. The van der Waals surface area contributed by atoms with Crippen LogP contribution < -0.4 is 0 Å². The number of amides is 1. The van der Waals surface area contributed by atoms with E-state index in [-0.39, 0.29) is 11.7 Å². The maximum absolute atomic E-state index is 11.3. The van der Waals surface area contributed by atoms with Crippen LogP contribution in [0.25, 0.3) is 0 Å². The molecule has 1 amide bonds. The zero-order valence-corrected chi connectivity index (χ0v) is 11.2. The predicted molar refractivity (Wildman–Crippen MR) is 70.5 cm³/mol. The van der Waals surface area contributed by atoms with Gasteiger partial charge >= 0.3 is 0 Å². The molecule has 0 saturated carbocycles. The number of rotatable bonds is 5. The van der Waals surface area contributed by atoms with Crippen LogP contribution >= 0.6 is 11.8 Å². The molecule has 0 aromatic heterocycles. The second-order valence-electron chi connectivity index (χ2n) is 3.97.